The van der Waals surface area contributed by atoms with Crippen LogP contribution in [0.3, 0.4) is 0 Å². The van der Waals surface area contributed by atoms with E-state index < -0.39 is 0 Å². The molecule has 2 aromatic rings. The van der Waals surface area contributed by atoms with E-state index in [-0.39, 0.29) is 5.91 Å². The Morgan fingerprint density at radius 3 is 2.56 bits per heavy atom. The van der Waals surface area contributed by atoms with E-state index in [1.807, 2.05) is 48.5 Å². The zero-order chi connectivity index (χ0) is 19.0. The largest absolute Gasteiger partial charge is 0.497 e. The quantitative estimate of drug-likeness (QED) is 0.525. The summed E-state index contributed by atoms with van der Waals surface area (Å²) in [4.78, 5) is 18.8. The van der Waals surface area contributed by atoms with Gasteiger partial charge in [0.15, 0.2) is 0 Å². The van der Waals surface area contributed by atoms with E-state index >= 15 is 0 Å². The Bertz CT molecular complexity index is 943. The molecule has 2 aromatic carbocycles. The molecule has 0 unspecified atom stereocenters. The molecular weight excluding hydrogens is 396 g/mol. The first-order valence-electron chi connectivity index (χ1n) is 8.57. The fourth-order valence-electron chi connectivity index (χ4n) is 3.10. The molecule has 27 heavy (non-hydrogen) atoms. The summed E-state index contributed by atoms with van der Waals surface area (Å²) in [5.74, 6) is 0.792. The zero-order valence-corrected chi connectivity index (χ0v) is 17.4. The summed E-state index contributed by atoms with van der Waals surface area (Å²) < 4.78 is 5.97. The number of thiocarbonyl (C=S) groups is 1. The molecule has 7 heteroatoms. The molecule has 2 aliphatic rings. The molecule has 0 saturated carbocycles. The molecule has 0 spiro atoms. The minimum Gasteiger partial charge on any atom is -0.497 e. The summed E-state index contributed by atoms with van der Waals surface area (Å²) in [6, 6.07) is 15.9. The molecule has 4 nitrogen and oxygen atoms in total. The minimum atomic E-state index is -0.0189. The molecular formula is C20H18N2O2S3. The van der Waals surface area contributed by atoms with Gasteiger partial charge in [0.25, 0.3) is 5.91 Å². The molecule has 2 heterocycles. The number of benzene rings is 2. The number of methoxy groups -OCH3 is 1. The molecule has 1 saturated heterocycles. The van der Waals surface area contributed by atoms with Gasteiger partial charge in [-0.05, 0) is 24.6 Å². The molecule has 0 N–H and O–H groups in total. The number of ether oxygens (including phenoxy) is 1. The topological polar surface area (TPSA) is 32.8 Å². The van der Waals surface area contributed by atoms with Crippen molar-refractivity contribution in [3.8, 4) is 5.75 Å². The van der Waals surface area contributed by atoms with Gasteiger partial charge in [-0.25, -0.2) is 0 Å². The van der Waals surface area contributed by atoms with Gasteiger partial charge in [0.05, 0.1) is 19.3 Å². The Morgan fingerprint density at radius 1 is 1.07 bits per heavy atom. The lowest BCUT2D eigenvalue weighted by Gasteiger charge is -2.19. The summed E-state index contributed by atoms with van der Waals surface area (Å²) in [6.07, 6.45) is 0. The summed E-state index contributed by atoms with van der Waals surface area (Å²) in [5, 5.41) is 0.952. The fraction of sp³-hybridized carbons (Fsp3) is 0.200. The highest BCUT2D eigenvalue weighted by atomic mass is 32.2. The lowest BCUT2D eigenvalue weighted by Crippen LogP contribution is -2.28. The van der Waals surface area contributed by atoms with Crippen molar-refractivity contribution in [3.05, 3.63) is 64.0 Å². The first kappa shape index (κ1) is 18.4. The number of carbonyl (C=O) groups is 1. The first-order chi connectivity index (χ1) is 13.1. The Kier molecular flexibility index (Phi) is 5.16. The van der Waals surface area contributed by atoms with E-state index in [0.717, 1.165) is 33.5 Å². The van der Waals surface area contributed by atoms with Gasteiger partial charge in [-0.3, -0.25) is 9.69 Å². The second-order valence-corrected chi connectivity index (χ2v) is 8.73. The van der Waals surface area contributed by atoms with Gasteiger partial charge in [-0.2, -0.15) is 0 Å². The van der Waals surface area contributed by atoms with Gasteiger partial charge in [0.1, 0.15) is 20.0 Å². The Hall–Kier alpha value is -1.96. The van der Waals surface area contributed by atoms with Crippen molar-refractivity contribution in [2.45, 2.75) is 18.4 Å². The third-order valence-electron chi connectivity index (χ3n) is 4.45. The smallest absolute Gasteiger partial charge is 0.269 e. The summed E-state index contributed by atoms with van der Waals surface area (Å²) >= 11 is 8.53. The van der Waals surface area contributed by atoms with Crippen LogP contribution in [0.2, 0.25) is 0 Å². The van der Waals surface area contributed by atoms with Crippen LogP contribution in [-0.4, -0.2) is 28.8 Å². The van der Waals surface area contributed by atoms with E-state index in [1.165, 1.54) is 11.8 Å². The standard InChI is InChI=1S/C20H18N2O2S3/c1-3-21-15-11-14(24-2)9-10-16(15)26-19(21)17-18(23)22(20(25)27-17)12-13-7-5-4-6-8-13/h4-11H,3,12H2,1-2H3/b19-17-. The number of hydrogen-bond acceptors (Lipinski definition) is 6. The Labute approximate surface area is 172 Å². The molecule has 1 amide bonds. The molecule has 2 aliphatic heterocycles. The van der Waals surface area contributed by atoms with Crippen LogP contribution < -0.4 is 9.64 Å². The van der Waals surface area contributed by atoms with E-state index in [2.05, 4.69) is 11.8 Å². The summed E-state index contributed by atoms with van der Waals surface area (Å²) in [6.45, 7) is 3.35. The molecule has 0 bridgehead atoms. The molecule has 4 rings (SSSR count). The van der Waals surface area contributed by atoms with E-state index in [1.54, 1.807) is 23.8 Å². The van der Waals surface area contributed by atoms with Crippen LogP contribution >= 0.6 is 35.7 Å². The highest BCUT2D eigenvalue weighted by Crippen LogP contribution is 2.51. The monoisotopic (exact) mass is 414 g/mol. The van der Waals surface area contributed by atoms with Crippen LogP contribution in [0.25, 0.3) is 0 Å². The maximum Gasteiger partial charge on any atom is 0.269 e. The predicted octanol–water partition coefficient (Wildman–Crippen LogP) is 4.86. The molecule has 0 atom stereocenters. The third kappa shape index (κ3) is 3.35. The van der Waals surface area contributed by atoms with Crippen molar-refractivity contribution in [2.75, 3.05) is 18.6 Å². The predicted molar refractivity (Wildman–Crippen MR) is 116 cm³/mol. The van der Waals surface area contributed by atoms with Crippen molar-refractivity contribution < 1.29 is 9.53 Å². The van der Waals surface area contributed by atoms with E-state index in [0.29, 0.717) is 15.8 Å². The number of thioether (sulfide) groups is 2. The zero-order valence-electron chi connectivity index (χ0n) is 15.0. The van der Waals surface area contributed by atoms with Gasteiger partial charge in [-0.15, -0.1) is 0 Å². The Balaban J connectivity index is 1.67. The molecule has 138 valence electrons. The van der Waals surface area contributed by atoms with Crippen molar-refractivity contribution in [1.29, 1.82) is 0 Å². The van der Waals surface area contributed by atoms with Gasteiger partial charge >= 0.3 is 0 Å². The molecule has 0 aromatic heterocycles. The second kappa shape index (κ2) is 7.58. The van der Waals surface area contributed by atoms with Crippen LogP contribution in [0.4, 0.5) is 5.69 Å². The van der Waals surface area contributed by atoms with Crippen molar-refractivity contribution >= 4 is 51.7 Å². The van der Waals surface area contributed by atoms with Crippen LogP contribution in [0, 0.1) is 0 Å². The lowest BCUT2D eigenvalue weighted by atomic mass is 10.2. The second-order valence-electron chi connectivity index (χ2n) is 6.06. The maximum atomic E-state index is 13.1. The number of hydrogen-bond donors (Lipinski definition) is 0. The number of carbonyl (C=O) groups excluding carboxylic acids is 1. The SMILES string of the molecule is CCN1/C(=C2/SC(=S)N(Cc3ccccc3)C2=O)Sc2ccc(OC)cc21. The summed E-state index contributed by atoms with van der Waals surface area (Å²) in [5.41, 5.74) is 2.14. The van der Waals surface area contributed by atoms with E-state index in [4.69, 9.17) is 17.0 Å². The average molecular weight is 415 g/mol. The number of rotatable bonds is 4. The number of fused-ring (bicyclic) bond motifs is 1. The molecule has 0 radical (unpaired) electrons. The van der Waals surface area contributed by atoms with Gasteiger partial charge in [0.2, 0.25) is 0 Å². The minimum absolute atomic E-state index is 0.0189. The molecule has 1 fully saturated rings. The van der Waals surface area contributed by atoms with Crippen molar-refractivity contribution in [3.63, 3.8) is 0 Å². The van der Waals surface area contributed by atoms with Gasteiger partial charge in [0, 0.05) is 17.5 Å². The van der Waals surface area contributed by atoms with Gasteiger partial charge in [-0.1, -0.05) is 66.1 Å². The van der Waals surface area contributed by atoms with E-state index in [9.17, 15) is 4.79 Å². The highest BCUT2D eigenvalue weighted by molar-refractivity contribution is 8.27. The third-order valence-corrected chi connectivity index (χ3v) is 7.20. The maximum absolute atomic E-state index is 13.1. The van der Waals surface area contributed by atoms with Crippen LogP contribution in [0.1, 0.15) is 12.5 Å². The fourth-order valence-corrected chi connectivity index (χ4v) is 5.71. The number of amides is 1. The van der Waals surface area contributed by atoms with Crippen molar-refractivity contribution in [1.82, 2.24) is 4.90 Å². The number of nitrogens with zero attached hydrogens (tertiary/aromatic N) is 2. The summed E-state index contributed by atoms with van der Waals surface area (Å²) in [7, 11) is 1.66. The highest BCUT2D eigenvalue weighted by Gasteiger charge is 2.38. The van der Waals surface area contributed by atoms with Gasteiger partial charge < -0.3 is 9.64 Å². The number of anilines is 1. The normalized spacial score (nSPS) is 19.0. The Morgan fingerprint density at radius 2 is 1.85 bits per heavy atom. The first-order valence-corrected chi connectivity index (χ1v) is 10.6. The van der Waals surface area contributed by atoms with Crippen LogP contribution in [0.5, 0.6) is 5.75 Å². The van der Waals surface area contributed by atoms with Crippen LogP contribution in [0.15, 0.2) is 63.4 Å². The lowest BCUT2D eigenvalue weighted by molar-refractivity contribution is -0.122. The molecule has 0 aliphatic carbocycles. The average Bonchev–Trinajstić information content (AvgIpc) is 3.19. The van der Waals surface area contributed by atoms with Crippen LogP contribution in [-0.2, 0) is 11.3 Å². The van der Waals surface area contributed by atoms with Crippen molar-refractivity contribution in [2.24, 2.45) is 0 Å².